The fourth-order valence-electron chi connectivity index (χ4n) is 8.08. The van der Waals surface area contributed by atoms with Crippen LogP contribution in [0.2, 0.25) is 0 Å². The van der Waals surface area contributed by atoms with E-state index in [0.717, 1.165) is 41.8 Å². The van der Waals surface area contributed by atoms with Gasteiger partial charge in [-0.2, -0.15) is 9.67 Å². The summed E-state index contributed by atoms with van der Waals surface area (Å²) in [6.07, 6.45) is 3.61. The molecule has 1 heterocycles. The third-order valence-electron chi connectivity index (χ3n) is 10.8. The zero-order valence-corrected chi connectivity index (χ0v) is 25.3. The lowest BCUT2D eigenvalue weighted by atomic mass is 9.44. The quantitative estimate of drug-likeness (QED) is 0.276. The van der Waals surface area contributed by atoms with E-state index in [4.69, 9.17) is 10.5 Å². The summed E-state index contributed by atoms with van der Waals surface area (Å²) < 4.78 is 21.2. The van der Waals surface area contributed by atoms with E-state index < -0.39 is 40.7 Å². The molecule has 0 unspecified atom stereocenters. The number of nitrogen functional groups attached to an aromatic ring is 1. The maximum atomic E-state index is 14.1. The standard InChI is InChI=1S/C31H39FN4O5S/c1-6-29(4)15-22(30(5)17(2)11-13-31(18(3)25(29)39)14-12-21(37)24(30)31)41-23(38)16-42-28-34-27(33)36(35-28)26(40)19-9-7-8-10-20(19)32/h6-10,17-18,22,24-25,39H,1,11-16H2,2-5H3,(H2,33,34,35)/t17-,18+,22-,24+,25+,29-,30+,31+/m1/s1. The molecule has 0 spiro atoms. The highest BCUT2D eigenvalue weighted by Gasteiger charge is 2.68. The van der Waals surface area contributed by atoms with Crippen molar-refractivity contribution in [1.29, 1.82) is 0 Å². The first-order chi connectivity index (χ1) is 19.8. The first-order valence-corrected chi connectivity index (χ1v) is 15.5. The lowest BCUT2D eigenvalue weighted by Crippen LogP contribution is -2.63. The molecule has 11 heteroatoms. The molecule has 3 saturated carbocycles. The van der Waals surface area contributed by atoms with E-state index in [1.54, 1.807) is 6.08 Å². The summed E-state index contributed by atoms with van der Waals surface area (Å²) in [5.41, 5.74) is 3.96. The summed E-state index contributed by atoms with van der Waals surface area (Å²) in [6, 6.07) is 5.48. The average Bonchev–Trinajstić information content (AvgIpc) is 3.52. The van der Waals surface area contributed by atoms with Crippen LogP contribution in [0, 0.1) is 39.8 Å². The summed E-state index contributed by atoms with van der Waals surface area (Å²) in [5.74, 6) is -2.57. The zero-order chi connectivity index (χ0) is 30.6. The summed E-state index contributed by atoms with van der Waals surface area (Å²) in [5, 5.41) is 15.8. The van der Waals surface area contributed by atoms with Gasteiger partial charge < -0.3 is 15.6 Å². The molecule has 0 radical (unpaired) electrons. The van der Waals surface area contributed by atoms with Gasteiger partial charge in [0.25, 0.3) is 5.91 Å². The molecule has 42 heavy (non-hydrogen) atoms. The molecule has 1 aromatic heterocycles. The first-order valence-electron chi connectivity index (χ1n) is 14.5. The number of hydrogen-bond donors (Lipinski definition) is 2. The number of esters is 1. The Kier molecular flexibility index (Phi) is 7.89. The molecular formula is C31H39FN4O5S. The van der Waals surface area contributed by atoms with Crippen LogP contribution in [0.3, 0.4) is 0 Å². The van der Waals surface area contributed by atoms with Gasteiger partial charge in [0.15, 0.2) is 0 Å². The summed E-state index contributed by atoms with van der Waals surface area (Å²) in [4.78, 5) is 43.8. The Hall–Kier alpha value is -3.05. The second-order valence-electron chi connectivity index (χ2n) is 12.8. The third-order valence-corrected chi connectivity index (χ3v) is 11.6. The van der Waals surface area contributed by atoms with Crippen LogP contribution < -0.4 is 5.73 Å². The number of rotatable bonds is 6. The highest BCUT2D eigenvalue weighted by atomic mass is 32.2. The maximum Gasteiger partial charge on any atom is 0.316 e. The predicted molar refractivity (Wildman–Crippen MR) is 156 cm³/mol. The van der Waals surface area contributed by atoms with Gasteiger partial charge in [-0.25, -0.2) is 4.39 Å². The maximum absolute atomic E-state index is 14.1. The van der Waals surface area contributed by atoms with Crippen LogP contribution in [-0.2, 0) is 14.3 Å². The molecule has 226 valence electrons. The topological polar surface area (TPSA) is 137 Å². The number of aromatic nitrogens is 3. The Labute approximate surface area is 249 Å². The molecule has 0 amide bonds. The minimum Gasteiger partial charge on any atom is -0.461 e. The van der Waals surface area contributed by atoms with Gasteiger partial charge in [0, 0.05) is 23.2 Å². The molecule has 0 saturated heterocycles. The molecule has 3 fully saturated rings. The van der Waals surface area contributed by atoms with Crippen LogP contribution in [0.5, 0.6) is 0 Å². The number of thioether (sulfide) groups is 1. The van der Waals surface area contributed by atoms with Gasteiger partial charge in [-0.1, -0.05) is 57.7 Å². The van der Waals surface area contributed by atoms with Crippen molar-refractivity contribution >= 4 is 35.4 Å². The minimum absolute atomic E-state index is 0.0641. The van der Waals surface area contributed by atoms with E-state index in [2.05, 4.69) is 37.4 Å². The second-order valence-corrected chi connectivity index (χ2v) is 13.7. The zero-order valence-electron chi connectivity index (χ0n) is 24.5. The number of halogens is 1. The van der Waals surface area contributed by atoms with E-state index >= 15 is 0 Å². The van der Waals surface area contributed by atoms with Crippen LogP contribution in [0.15, 0.2) is 42.1 Å². The summed E-state index contributed by atoms with van der Waals surface area (Å²) in [7, 11) is 0. The van der Waals surface area contributed by atoms with Gasteiger partial charge in [-0.3, -0.25) is 14.4 Å². The summed E-state index contributed by atoms with van der Waals surface area (Å²) in [6.45, 7) is 12.3. The van der Waals surface area contributed by atoms with E-state index in [0.29, 0.717) is 12.8 Å². The van der Waals surface area contributed by atoms with Crippen molar-refractivity contribution in [3.05, 3.63) is 48.3 Å². The molecule has 3 aliphatic rings. The Morgan fingerprint density at radius 2 is 2.00 bits per heavy atom. The van der Waals surface area contributed by atoms with E-state index in [9.17, 15) is 23.9 Å². The smallest absolute Gasteiger partial charge is 0.316 e. The number of carbonyl (C=O) groups excluding carboxylic acids is 3. The number of carbonyl (C=O) groups is 3. The number of hydrogen-bond acceptors (Lipinski definition) is 9. The van der Waals surface area contributed by atoms with Crippen LogP contribution in [0.4, 0.5) is 10.3 Å². The highest BCUT2D eigenvalue weighted by Crippen LogP contribution is 2.68. The van der Waals surface area contributed by atoms with Gasteiger partial charge in [-0.15, -0.1) is 11.7 Å². The van der Waals surface area contributed by atoms with Crippen LogP contribution in [-0.4, -0.2) is 55.5 Å². The molecule has 0 aliphatic heterocycles. The number of nitrogens with two attached hydrogens (primary N) is 1. The van der Waals surface area contributed by atoms with Gasteiger partial charge in [0.2, 0.25) is 11.1 Å². The van der Waals surface area contributed by atoms with E-state index in [-0.39, 0.29) is 51.4 Å². The van der Waals surface area contributed by atoms with Crippen LogP contribution in [0.25, 0.3) is 0 Å². The number of ether oxygens (including phenoxy) is 1. The molecule has 3 aliphatic carbocycles. The molecular weight excluding hydrogens is 559 g/mol. The first kappa shape index (κ1) is 30.4. The molecule has 2 bridgehead atoms. The molecule has 3 N–H and O–H groups in total. The number of benzene rings is 1. The van der Waals surface area contributed by atoms with Crippen molar-refractivity contribution in [2.45, 2.75) is 77.2 Å². The normalized spacial score (nSPS) is 36.0. The molecule has 9 nitrogen and oxygen atoms in total. The molecule has 1 aromatic carbocycles. The van der Waals surface area contributed by atoms with Crippen molar-refractivity contribution in [2.24, 2.45) is 34.0 Å². The van der Waals surface area contributed by atoms with Crippen molar-refractivity contribution < 1.29 is 28.6 Å². The Morgan fingerprint density at radius 1 is 1.29 bits per heavy atom. The number of Topliss-reactive ketones (excluding diaryl/α,β-unsaturated/α-hetero) is 1. The van der Waals surface area contributed by atoms with Crippen molar-refractivity contribution in [3.8, 4) is 0 Å². The van der Waals surface area contributed by atoms with Gasteiger partial charge in [-0.05, 0) is 55.1 Å². The summed E-state index contributed by atoms with van der Waals surface area (Å²) >= 11 is 0.947. The fourth-order valence-corrected chi connectivity index (χ4v) is 8.69. The van der Waals surface area contributed by atoms with E-state index in [1.165, 1.54) is 18.2 Å². The number of ketones is 1. The molecule has 5 rings (SSSR count). The fraction of sp³-hybridized carbons (Fsp3) is 0.581. The number of anilines is 1. The van der Waals surface area contributed by atoms with Gasteiger partial charge in [0.05, 0.1) is 17.4 Å². The van der Waals surface area contributed by atoms with Crippen molar-refractivity contribution in [1.82, 2.24) is 14.8 Å². The van der Waals surface area contributed by atoms with Gasteiger partial charge >= 0.3 is 5.97 Å². The number of aliphatic hydroxyl groups excluding tert-OH is 1. The molecule has 2 aromatic rings. The highest BCUT2D eigenvalue weighted by molar-refractivity contribution is 7.99. The van der Waals surface area contributed by atoms with E-state index in [1.807, 2.05) is 6.92 Å². The SMILES string of the molecule is C=C[C@]1(C)C[C@@H](OC(=O)CSc2nc(N)n(C(=O)c3ccccc3F)n2)[C@]2(C)[C@H](C)CC[C@]3(CCC(=O)[C@H]32)[C@@H](C)[C@@H]1O. The minimum atomic E-state index is -0.775. The monoisotopic (exact) mass is 598 g/mol. The average molecular weight is 599 g/mol. The molecule has 8 atom stereocenters. The van der Waals surface area contributed by atoms with Crippen LogP contribution in [0.1, 0.15) is 70.2 Å². The predicted octanol–water partition coefficient (Wildman–Crippen LogP) is 4.69. The largest absolute Gasteiger partial charge is 0.461 e. The number of aliphatic hydroxyl groups is 1. The third kappa shape index (κ3) is 4.69. The Morgan fingerprint density at radius 3 is 2.69 bits per heavy atom. The second kappa shape index (κ2) is 10.9. The van der Waals surface area contributed by atoms with Crippen molar-refractivity contribution in [2.75, 3.05) is 11.5 Å². The van der Waals surface area contributed by atoms with Crippen molar-refractivity contribution in [3.63, 3.8) is 0 Å². The Bertz CT molecular complexity index is 1430. The lowest BCUT2D eigenvalue weighted by molar-refractivity contribution is -0.205. The van der Waals surface area contributed by atoms with Gasteiger partial charge in [0.1, 0.15) is 17.7 Å². The van der Waals surface area contributed by atoms with Crippen LogP contribution >= 0.6 is 11.8 Å². The number of nitrogens with zero attached hydrogens (tertiary/aromatic N) is 3. The Balaban J connectivity index is 1.39. The lowest BCUT2D eigenvalue weighted by Gasteiger charge is -2.61.